The summed E-state index contributed by atoms with van der Waals surface area (Å²) in [5.41, 5.74) is 2.37. The first-order valence-electron chi connectivity index (χ1n) is 7.61. The standard InChI is InChI=1S/C8H13N.C6H7N.C3H8.C2H6.H2/c1-4-6-8(5-2)7-9-3;1-6-3-2-4-7-5-6;1-3-2;1-2;/h4-6,9H,1-2,7H2,3H3;2-5H,1H3;3H2,1-2H3;1-2H3;1H/b8-6+;;;;. The fourth-order valence-electron chi connectivity index (χ4n) is 1.00. The Morgan fingerprint density at radius 1 is 1.33 bits per heavy atom. The molecule has 0 amide bonds. The van der Waals surface area contributed by atoms with Gasteiger partial charge in [-0.3, -0.25) is 4.98 Å². The largest absolute Gasteiger partial charge is 0.316 e. The van der Waals surface area contributed by atoms with E-state index in [1.807, 2.05) is 58.3 Å². The predicted octanol–water partition coefficient (Wildman–Crippen LogP) is 5.58. The zero-order valence-corrected chi connectivity index (χ0v) is 14.8. The summed E-state index contributed by atoms with van der Waals surface area (Å²) in [4.78, 5) is 3.88. The molecule has 0 unspecified atom stereocenters. The monoisotopic (exact) mass is 292 g/mol. The molecule has 0 aliphatic rings. The maximum absolute atomic E-state index is 3.88. The molecule has 0 spiro atoms. The first-order chi connectivity index (χ1) is 10.2. The van der Waals surface area contributed by atoms with Gasteiger partial charge in [0.25, 0.3) is 0 Å². The molecular weight excluding hydrogens is 256 g/mol. The molecule has 1 N–H and O–H groups in total. The van der Waals surface area contributed by atoms with Crippen LogP contribution in [0.4, 0.5) is 0 Å². The van der Waals surface area contributed by atoms with Gasteiger partial charge in [0, 0.05) is 20.4 Å². The van der Waals surface area contributed by atoms with E-state index < -0.39 is 0 Å². The van der Waals surface area contributed by atoms with E-state index in [9.17, 15) is 0 Å². The quantitative estimate of drug-likeness (QED) is 0.732. The molecule has 0 fully saturated rings. The van der Waals surface area contributed by atoms with Gasteiger partial charge in [-0.05, 0) is 31.2 Å². The molecule has 2 nitrogen and oxygen atoms in total. The van der Waals surface area contributed by atoms with Crippen LogP contribution in [0.2, 0.25) is 0 Å². The van der Waals surface area contributed by atoms with Gasteiger partial charge in [-0.15, -0.1) is 0 Å². The average Bonchev–Trinajstić information content (AvgIpc) is 2.51. The third kappa shape index (κ3) is 23.8. The normalized spacial score (nSPS) is 8.76. The fraction of sp³-hybridized carbons (Fsp3) is 0.421. The number of aromatic nitrogens is 1. The van der Waals surface area contributed by atoms with E-state index in [4.69, 9.17) is 0 Å². The van der Waals surface area contributed by atoms with E-state index >= 15 is 0 Å². The van der Waals surface area contributed by atoms with Crippen molar-refractivity contribution in [3.05, 3.63) is 67.0 Å². The van der Waals surface area contributed by atoms with Crippen molar-refractivity contribution in [3.63, 3.8) is 0 Å². The molecule has 0 bridgehead atoms. The number of pyridine rings is 1. The van der Waals surface area contributed by atoms with Crippen molar-refractivity contribution in [2.45, 2.75) is 41.0 Å². The summed E-state index contributed by atoms with van der Waals surface area (Å²) in [5, 5.41) is 3.02. The van der Waals surface area contributed by atoms with Gasteiger partial charge in [0.2, 0.25) is 0 Å². The van der Waals surface area contributed by atoms with Gasteiger partial charge in [0.15, 0.2) is 0 Å². The van der Waals surface area contributed by atoms with E-state index in [1.165, 1.54) is 12.0 Å². The van der Waals surface area contributed by atoms with Crippen molar-refractivity contribution in [2.24, 2.45) is 0 Å². The highest BCUT2D eigenvalue weighted by Crippen LogP contribution is 1.91. The van der Waals surface area contributed by atoms with Crippen molar-refractivity contribution in [1.82, 2.24) is 10.3 Å². The van der Waals surface area contributed by atoms with Gasteiger partial charge in [-0.1, -0.05) is 71.6 Å². The minimum atomic E-state index is 0. The van der Waals surface area contributed by atoms with Crippen LogP contribution in [0.1, 0.15) is 41.1 Å². The van der Waals surface area contributed by atoms with Crippen molar-refractivity contribution in [1.29, 1.82) is 0 Å². The summed E-state index contributed by atoms with van der Waals surface area (Å²) >= 11 is 0. The van der Waals surface area contributed by atoms with Crippen LogP contribution in [-0.2, 0) is 0 Å². The Kier molecular flexibility index (Phi) is 27.2. The van der Waals surface area contributed by atoms with Crippen molar-refractivity contribution in [3.8, 4) is 0 Å². The number of allylic oxidation sites excluding steroid dienone is 2. The minimum Gasteiger partial charge on any atom is -0.316 e. The lowest BCUT2D eigenvalue weighted by atomic mass is 10.2. The lowest BCUT2D eigenvalue weighted by molar-refractivity contribution is 0.896. The molecule has 0 radical (unpaired) electrons. The number of hydrogen-bond donors (Lipinski definition) is 1. The number of hydrogen-bond acceptors (Lipinski definition) is 2. The Morgan fingerprint density at radius 3 is 2.14 bits per heavy atom. The van der Waals surface area contributed by atoms with Gasteiger partial charge in [-0.25, -0.2) is 0 Å². The third-order valence-electron chi connectivity index (χ3n) is 1.78. The molecule has 122 valence electrons. The molecule has 0 saturated carbocycles. The Labute approximate surface area is 134 Å². The van der Waals surface area contributed by atoms with E-state index in [2.05, 4.69) is 37.3 Å². The summed E-state index contributed by atoms with van der Waals surface area (Å²) in [5.74, 6) is 0. The predicted molar refractivity (Wildman–Crippen MR) is 101 cm³/mol. The molecule has 2 heteroatoms. The molecule has 0 aromatic carbocycles. The van der Waals surface area contributed by atoms with Gasteiger partial charge in [-0.2, -0.15) is 0 Å². The van der Waals surface area contributed by atoms with Crippen LogP contribution in [0.5, 0.6) is 0 Å². The highest BCUT2D eigenvalue weighted by atomic mass is 14.8. The Hall–Kier alpha value is -1.67. The number of nitrogens with one attached hydrogen (secondary N) is 1. The van der Waals surface area contributed by atoms with E-state index in [-0.39, 0.29) is 1.43 Å². The smallest absolute Gasteiger partial charge is 0.0297 e. The number of nitrogens with zero attached hydrogens (tertiary/aromatic N) is 1. The second-order valence-electron chi connectivity index (χ2n) is 3.95. The summed E-state index contributed by atoms with van der Waals surface area (Å²) in [6.45, 7) is 18.3. The Balaban J connectivity index is -0.000000111. The molecule has 1 rings (SSSR count). The zero-order valence-electron chi connectivity index (χ0n) is 14.8. The number of aryl methyl sites for hydroxylation is 1. The molecule has 1 heterocycles. The van der Waals surface area contributed by atoms with E-state index in [0.29, 0.717) is 0 Å². The maximum atomic E-state index is 3.88. The first kappa shape index (κ1) is 24.4. The molecule has 1 aromatic rings. The molecule has 0 aliphatic carbocycles. The first-order valence-corrected chi connectivity index (χ1v) is 7.61. The topological polar surface area (TPSA) is 24.9 Å². The van der Waals surface area contributed by atoms with Crippen LogP contribution < -0.4 is 5.32 Å². The van der Waals surface area contributed by atoms with Gasteiger partial charge < -0.3 is 5.32 Å². The van der Waals surface area contributed by atoms with Gasteiger partial charge in [0.1, 0.15) is 0 Å². The molecule has 0 aliphatic heterocycles. The van der Waals surface area contributed by atoms with E-state index in [0.717, 1.165) is 12.1 Å². The third-order valence-corrected chi connectivity index (χ3v) is 1.78. The second kappa shape index (κ2) is 23.4. The van der Waals surface area contributed by atoms with Crippen LogP contribution >= 0.6 is 0 Å². The molecular formula is C19H36N2. The van der Waals surface area contributed by atoms with Crippen LogP contribution in [0.15, 0.2) is 61.5 Å². The average molecular weight is 293 g/mol. The van der Waals surface area contributed by atoms with Crippen LogP contribution in [0, 0.1) is 6.92 Å². The van der Waals surface area contributed by atoms with Gasteiger partial charge in [0.05, 0.1) is 0 Å². The van der Waals surface area contributed by atoms with Crippen molar-refractivity contribution in [2.75, 3.05) is 13.6 Å². The second-order valence-corrected chi connectivity index (χ2v) is 3.95. The summed E-state index contributed by atoms with van der Waals surface area (Å²) in [7, 11) is 1.90. The van der Waals surface area contributed by atoms with Crippen molar-refractivity contribution < 1.29 is 1.43 Å². The summed E-state index contributed by atoms with van der Waals surface area (Å²) in [6.07, 6.45) is 10.4. The molecule has 0 atom stereocenters. The van der Waals surface area contributed by atoms with Crippen LogP contribution in [0.3, 0.4) is 0 Å². The summed E-state index contributed by atoms with van der Waals surface area (Å²) in [6, 6.07) is 3.95. The molecule has 21 heavy (non-hydrogen) atoms. The van der Waals surface area contributed by atoms with Crippen LogP contribution in [0.25, 0.3) is 0 Å². The highest BCUT2D eigenvalue weighted by molar-refractivity contribution is 5.22. The SMILES string of the molecule is C=C/C=C(\C=C)CNC.CC.CCC.Cc1cccnc1.[HH]. The minimum absolute atomic E-state index is 0. The Bertz CT molecular complexity index is 346. The van der Waals surface area contributed by atoms with E-state index in [1.54, 1.807) is 12.3 Å². The lowest BCUT2D eigenvalue weighted by Gasteiger charge is -1.96. The highest BCUT2D eigenvalue weighted by Gasteiger charge is 1.83. The number of likely N-dealkylation sites (N-methyl/N-ethyl adjacent to an activating group) is 1. The fourth-order valence-corrected chi connectivity index (χ4v) is 1.00. The van der Waals surface area contributed by atoms with Gasteiger partial charge >= 0.3 is 0 Å². The molecule has 1 aromatic heterocycles. The van der Waals surface area contributed by atoms with Crippen LogP contribution in [-0.4, -0.2) is 18.6 Å². The molecule has 0 saturated heterocycles. The zero-order chi connectivity index (χ0) is 16.9. The van der Waals surface area contributed by atoms with Crippen molar-refractivity contribution >= 4 is 0 Å². The maximum Gasteiger partial charge on any atom is 0.0297 e. The Morgan fingerprint density at radius 2 is 1.90 bits per heavy atom. The number of rotatable bonds is 4. The summed E-state index contributed by atoms with van der Waals surface area (Å²) < 4.78 is 0. The lowest BCUT2D eigenvalue weighted by Crippen LogP contribution is -2.08.